The number of aryl methyl sites for hydroxylation is 2. The zero-order valence-electron chi connectivity index (χ0n) is 34.5. The van der Waals surface area contributed by atoms with Gasteiger partial charge in [-0.05, 0) is 69.6 Å². The van der Waals surface area contributed by atoms with Crippen LogP contribution in [0.25, 0.3) is 33.4 Å². The molecule has 0 heterocycles. The molecule has 7 aromatic rings. The van der Waals surface area contributed by atoms with E-state index in [9.17, 15) is 0 Å². The molecule has 57 heavy (non-hydrogen) atoms. The molecule has 0 spiro atoms. The van der Waals surface area contributed by atoms with Crippen LogP contribution in [-0.2, 0) is 43.5 Å². The Morgan fingerprint density at radius 3 is 1.49 bits per heavy atom. The minimum atomic E-state index is 0. The van der Waals surface area contributed by atoms with Gasteiger partial charge in [-0.15, -0.1) is 28.8 Å². The Morgan fingerprint density at radius 2 is 1.04 bits per heavy atom. The topological polar surface area (TPSA) is 0 Å². The van der Waals surface area contributed by atoms with Crippen molar-refractivity contribution in [1.29, 1.82) is 0 Å². The Morgan fingerprint density at radius 1 is 0.544 bits per heavy atom. The van der Waals surface area contributed by atoms with E-state index >= 15 is 0 Å². The van der Waals surface area contributed by atoms with E-state index < -0.39 is 0 Å². The Balaban J connectivity index is 0.000000303. The third-order valence-corrected chi connectivity index (χ3v) is 10.6. The van der Waals surface area contributed by atoms with E-state index in [0.717, 1.165) is 11.6 Å². The SMILES string of the molecule is CC(C)(C)c1cc2c([c-]c1-c1ccccc1)Cc1cc(-c3ccccc3)c(C(C)(C)C)cc1-2.Cc1cccc(C(=[Si])c2cccc(C)c2)c1.[Cl-].[Cl-].[Zr+4].c1cc[cH-]c1. The fraction of sp³-hybridized carbons (Fsp3) is 0.208. The maximum absolute atomic E-state index is 3.88. The third-order valence-electron chi connectivity index (χ3n) is 9.99. The summed E-state index contributed by atoms with van der Waals surface area (Å²) in [7, 11) is 3.73. The van der Waals surface area contributed by atoms with E-state index in [2.05, 4.69) is 199 Å². The van der Waals surface area contributed by atoms with E-state index in [1.54, 1.807) is 0 Å². The molecule has 0 N–H and O–H groups in total. The fourth-order valence-electron chi connectivity index (χ4n) is 7.19. The summed E-state index contributed by atoms with van der Waals surface area (Å²) in [5, 5.41) is 1.15. The summed E-state index contributed by atoms with van der Waals surface area (Å²) < 4.78 is 0. The molecule has 0 unspecified atom stereocenters. The summed E-state index contributed by atoms with van der Waals surface area (Å²) in [6, 6.07) is 59.8. The van der Waals surface area contributed by atoms with Crippen molar-refractivity contribution < 1.29 is 51.0 Å². The molecule has 0 atom stereocenters. The Kier molecular flexibility index (Phi) is 17.3. The molecule has 4 heteroatoms. The first-order chi connectivity index (χ1) is 25.8. The van der Waals surface area contributed by atoms with Crippen LogP contribution in [0.1, 0.15) is 86.1 Å². The molecule has 0 fully saturated rings. The molecule has 286 valence electrons. The van der Waals surface area contributed by atoms with Crippen molar-refractivity contribution in [3.05, 3.63) is 208 Å². The normalized spacial score (nSPS) is 11.1. The van der Waals surface area contributed by atoms with Gasteiger partial charge in [-0.25, -0.2) is 12.1 Å². The molecule has 0 saturated carbocycles. The average molecular weight is 879 g/mol. The van der Waals surface area contributed by atoms with Crippen LogP contribution in [0.4, 0.5) is 0 Å². The molecule has 1 aliphatic carbocycles. The minimum Gasteiger partial charge on any atom is -1.00 e. The van der Waals surface area contributed by atoms with Crippen molar-refractivity contribution in [2.24, 2.45) is 0 Å². The fourth-order valence-corrected chi connectivity index (χ4v) is 7.50. The van der Waals surface area contributed by atoms with Gasteiger partial charge in [0.2, 0.25) is 0 Å². The molecule has 0 aromatic heterocycles. The standard InChI is InChI=1S/C33H33.C15H14Si.C5H5.2ClH.Zr/c1-32(2,3)30-20-26-24(18-28(30)22-13-9-7-10-14-22)17-25-19-29(23-15-11-8-12-16-23)31(21-27(25)26)33(4,5)6;1-11-5-3-7-13(9-11)15(16)14-8-4-6-12(2)10-14;1-2-4-5-3-1;;;/h7-16,18,20-21H,17H2,1-6H3;3-10H,1-2H3;1-5H;2*1H;/q-1;;-1;;;+4/p-2. The Labute approximate surface area is 377 Å². The molecule has 0 saturated heterocycles. The van der Waals surface area contributed by atoms with Gasteiger partial charge in [0.25, 0.3) is 0 Å². The van der Waals surface area contributed by atoms with Gasteiger partial charge in [0, 0.05) is 9.85 Å². The number of benzene rings is 6. The van der Waals surface area contributed by atoms with Crippen LogP contribution in [0.3, 0.4) is 0 Å². The van der Waals surface area contributed by atoms with Crippen LogP contribution < -0.4 is 24.8 Å². The molecular formula is C53H52Cl2SiZr. The first kappa shape index (κ1) is 47.6. The van der Waals surface area contributed by atoms with E-state index in [1.807, 2.05) is 30.3 Å². The van der Waals surface area contributed by atoms with Crippen LogP contribution in [-0.4, -0.2) is 15.0 Å². The molecule has 2 radical (unpaired) electrons. The molecule has 1 aliphatic rings. The van der Waals surface area contributed by atoms with Gasteiger partial charge in [-0.2, -0.15) is 18.2 Å². The maximum Gasteiger partial charge on any atom is 4.00 e. The molecule has 7 aromatic carbocycles. The summed E-state index contributed by atoms with van der Waals surface area (Å²) in [5.41, 5.74) is 18.5. The van der Waals surface area contributed by atoms with Gasteiger partial charge in [0.15, 0.2) is 0 Å². The van der Waals surface area contributed by atoms with Crippen LogP contribution in [0.2, 0.25) is 0 Å². The summed E-state index contributed by atoms with van der Waals surface area (Å²) in [4.78, 5) is 0. The summed E-state index contributed by atoms with van der Waals surface area (Å²) in [6.45, 7) is 18.1. The van der Waals surface area contributed by atoms with E-state index in [1.165, 1.54) is 77.9 Å². The van der Waals surface area contributed by atoms with Crippen LogP contribution in [0, 0.1) is 19.9 Å². The minimum absolute atomic E-state index is 0. The Bertz CT molecular complexity index is 2180. The maximum atomic E-state index is 3.88. The van der Waals surface area contributed by atoms with Crippen molar-refractivity contribution in [3.63, 3.8) is 0 Å². The molecule has 0 bridgehead atoms. The number of hydrogen-bond donors (Lipinski definition) is 0. The third kappa shape index (κ3) is 11.9. The summed E-state index contributed by atoms with van der Waals surface area (Å²) in [6.07, 6.45) is 0.944. The van der Waals surface area contributed by atoms with Crippen molar-refractivity contribution in [1.82, 2.24) is 0 Å². The number of rotatable bonds is 4. The quantitative estimate of drug-likeness (QED) is 0.128. The Hall–Kier alpha value is -3.78. The van der Waals surface area contributed by atoms with Crippen LogP contribution in [0.15, 0.2) is 158 Å². The first-order valence-electron chi connectivity index (χ1n) is 19.1. The number of hydrogen-bond acceptors (Lipinski definition) is 0. The zero-order chi connectivity index (χ0) is 38.5. The van der Waals surface area contributed by atoms with Gasteiger partial charge in [0.1, 0.15) is 0 Å². The van der Waals surface area contributed by atoms with E-state index in [-0.39, 0.29) is 61.8 Å². The predicted octanol–water partition coefficient (Wildman–Crippen LogP) is 7.44. The molecular weight excluding hydrogens is 827 g/mol. The summed E-state index contributed by atoms with van der Waals surface area (Å²) in [5.74, 6) is 0. The second kappa shape index (κ2) is 20.8. The van der Waals surface area contributed by atoms with Crippen molar-refractivity contribution in [3.8, 4) is 33.4 Å². The van der Waals surface area contributed by atoms with Gasteiger partial charge in [-0.3, -0.25) is 0 Å². The van der Waals surface area contributed by atoms with Crippen molar-refractivity contribution in [2.75, 3.05) is 0 Å². The molecule has 0 nitrogen and oxygen atoms in total. The van der Waals surface area contributed by atoms with Gasteiger partial charge >= 0.3 is 26.2 Å². The first-order valence-corrected chi connectivity index (χ1v) is 19.6. The van der Waals surface area contributed by atoms with Gasteiger partial charge in [0.05, 0.1) is 0 Å². The monoisotopic (exact) mass is 876 g/mol. The summed E-state index contributed by atoms with van der Waals surface area (Å²) >= 11 is 0. The van der Waals surface area contributed by atoms with Crippen molar-refractivity contribution >= 4 is 15.0 Å². The van der Waals surface area contributed by atoms with E-state index in [4.69, 9.17) is 0 Å². The molecule has 8 rings (SSSR count). The van der Waals surface area contributed by atoms with E-state index in [0.29, 0.717) is 0 Å². The molecule has 0 amide bonds. The van der Waals surface area contributed by atoms with Crippen LogP contribution in [0.5, 0.6) is 0 Å². The van der Waals surface area contributed by atoms with Crippen LogP contribution >= 0.6 is 0 Å². The largest absolute Gasteiger partial charge is 4.00 e. The zero-order valence-corrected chi connectivity index (χ0v) is 39.4. The average Bonchev–Trinajstić information content (AvgIpc) is 3.86. The molecule has 0 aliphatic heterocycles. The second-order valence-electron chi connectivity index (χ2n) is 16.5. The number of fused-ring (bicyclic) bond motifs is 3. The second-order valence-corrected chi connectivity index (χ2v) is 17.0. The number of halogens is 2. The predicted molar refractivity (Wildman–Crippen MR) is 235 cm³/mol. The van der Waals surface area contributed by atoms with Crippen molar-refractivity contribution in [2.45, 2.75) is 72.6 Å². The van der Waals surface area contributed by atoms with Gasteiger partial charge in [-0.1, -0.05) is 191 Å². The van der Waals surface area contributed by atoms with Gasteiger partial charge < -0.3 is 24.8 Å². The smallest absolute Gasteiger partial charge is 1.00 e.